The van der Waals surface area contributed by atoms with Crippen molar-refractivity contribution in [2.45, 2.75) is 11.8 Å². The fourth-order valence-electron chi connectivity index (χ4n) is 0.728. The zero-order chi connectivity index (χ0) is 8.48. The number of rotatable bonds is 1. The summed E-state index contributed by atoms with van der Waals surface area (Å²) in [6.07, 6.45) is 0. The van der Waals surface area contributed by atoms with Crippen LogP contribution in [0.2, 0.25) is 0 Å². The van der Waals surface area contributed by atoms with Gasteiger partial charge >= 0.3 is 0 Å². The molecule has 0 spiro atoms. The van der Waals surface area contributed by atoms with E-state index in [9.17, 15) is 4.21 Å². The number of nitrogens with two attached hydrogens (primary N) is 1. The molecule has 1 aromatic carbocycles. The average molecular weight is 226 g/mol. The van der Waals surface area contributed by atoms with E-state index in [4.69, 9.17) is 5.14 Å². The van der Waals surface area contributed by atoms with Gasteiger partial charge in [-0.05, 0) is 19.1 Å². The van der Waals surface area contributed by atoms with Gasteiger partial charge in [0.15, 0.2) is 0 Å². The first-order valence-electron chi connectivity index (χ1n) is 3.09. The van der Waals surface area contributed by atoms with E-state index in [0.29, 0.717) is 4.90 Å². The molecule has 0 aliphatic heterocycles. The number of hydrogen-bond acceptors (Lipinski definition) is 2. The Morgan fingerprint density at radius 3 is 2.08 bits per heavy atom. The molecule has 61 valence electrons. The molecule has 0 amide bonds. The van der Waals surface area contributed by atoms with Crippen LogP contribution >= 0.6 is 0 Å². The van der Waals surface area contributed by atoms with E-state index in [1.165, 1.54) is 0 Å². The van der Waals surface area contributed by atoms with Gasteiger partial charge in [-0.15, -0.1) is 0 Å². The van der Waals surface area contributed by atoms with Crippen molar-refractivity contribution in [3.63, 3.8) is 0 Å². The second-order valence-corrected chi connectivity index (χ2v) is 5.41. The summed E-state index contributed by atoms with van der Waals surface area (Å²) >= 11 is 4.60. The minimum Gasteiger partial charge on any atom is -0.247 e. The summed E-state index contributed by atoms with van der Waals surface area (Å²) in [5.74, 6) is 0. The quantitative estimate of drug-likeness (QED) is 0.712. The predicted octanol–water partition coefficient (Wildman–Crippen LogP) is 0.593. The Morgan fingerprint density at radius 2 is 1.75 bits per heavy atom. The van der Waals surface area contributed by atoms with E-state index in [0.717, 1.165) is 5.56 Å². The van der Waals surface area contributed by atoms with Crippen molar-refractivity contribution in [2.75, 3.05) is 0 Å². The Balaban J connectivity index is 0.00000121. The van der Waals surface area contributed by atoms with Gasteiger partial charge in [0.25, 0.3) is 0 Å². The Hall–Kier alpha value is 1.19. The summed E-state index contributed by atoms with van der Waals surface area (Å²) in [5, 5.41) is 5.25. The van der Waals surface area contributed by atoms with E-state index < -0.39 is 8.68 Å². The molecule has 0 saturated carbocycles. The van der Waals surface area contributed by atoms with Crippen LogP contribution in [0, 0.1) is 6.92 Å². The molecule has 2 nitrogen and oxygen atoms in total. The number of hydrogen-bond donors (Lipinski definition) is 1. The molecule has 5 heteroatoms. The van der Waals surface area contributed by atoms with Gasteiger partial charge in [0.2, 0.25) is 0 Å². The Labute approximate surface area is 120 Å². The third-order valence-electron chi connectivity index (χ3n) is 1.35. The summed E-state index contributed by atoms with van der Waals surface area (Å²) < 4.78 is 11.1. The molecule has 0 bridgehead atoms. The van der Waals surface area contributed by atoms with Gasteiger partial charge in [-0.2, -0.15) is 0 Å². The third-order valence-corrected chi connectivity index (χ3v) is 2.86. The van der Waals surface area contributed by atoms with E-state index in [-0.39, 0.29) is 51.4 Å². The van der Waals surface area contributed by atoms with Crippen LogP contribution in [0.25, 0.3) is 0 Å². The first kappa shape index (κ1) is 13.2. The topological polar surface area (TPSA) is 43.1 Å². The smallest absolute Gasteiger partial charge is 0.116 e. The largest absolute Gasteiger partial charge is 0.247 e. The number of aryl methyl sites for hydroxylation is 1. The maximum absolute atomic E-state index is 11.1. The third kappa shape index (κ3) is 3.93. The molecule has 1 radical (unpaired) electrons. The molecule has 0 fully saturated rings. The normalized spacial score (nSPS) is 14.5. The van der Waals surface area contributed by atoms with E-state index >= 15 is 0 Å². The molecule has 2 N–H and O–H groups in total. The van der Waals surface area contributed by atoms with Crippen molar-refractivity contribution in [1.29, 1.82) is 0 Å². The fourth-order valence-corrected chi connectivity index (χ4v) is 1.58. The molecule has 0 aromatic heterocycles. The Morgan fingerprint density at radius 1 is 1.33 bits per heavy atom. The van der Waals surface area contributed by atoms with Crippen molar-refractivity contribution in [2.24, 2.45) is 5.14 Å². The van der Waals surface area contributed by atoms with Gasteiger partial charge in [0.05, 0.1) is 4.90 Å². The summed E-state index contributed by atoms with van der Waals surface area (Å²) in [6, 6.07) is 7.08. The maximum atomic E-state index is 11.1. The van der Waals surface area contributed by atoms with Gasteiger partial charge in [0, 0.05) is 62.6 Å². The minimum atomic E-state index is -2.69. The van der Waals surface area contributed by atoms with Crippen LogP contribution in [-0.4, -0.2) is 55.6 Å². The minimum absolute atomic E-state index is 0. The molecule has 0 heterocycles. The molecular formula is C7H9KNOS2. The van der Waals surface area contributed by atoms with E-state index in [1.807, 2.05) is 19.1 Å². The molecule has 1 unspecified atom stereocenters. The number of benzene rings is 1. The van der Waals surface area contributed by atoms with Crippen molar-refractivity contribution in [3.8, 4) is 0 Å². The summed E-state index contributed by atoms with van der Waals surface area (Å²) in [7, 11) is -2.69. The summed E-state index contributed by atoms with van der Waals surface area (Å²) in [6.45, 7) is 1.95. The van der Waals surface area contributed by atoms with Gasteiger partial charge in [-0.1, -0.05) is 17.7 Å². The molecule has 1 aromatic rings. The van der Waals surface area contributed by atoms with Crippen molar-refractivity contribution in [1.82, 2.24) is 0 Å². The van der Waals surface area contributed by atoms with Crippen molar-refractivity contribution in [3.05, 3.63) is 29.8 Å². The maximum Gasteiger partial charge on any atom is 0.116 e. The van der Waals surface area contributed by atoms with Crippen LogP contribution in [0.1, 0.15) is 5.56 Å². The van der Waals surface area contributed by atoms with Crippen LogP contribution in [0.4, 0.5) is 0 Å². The van der Waals surface area contributed by atoms with Crippen molar-refractivity contribution >= 4 is 71.3 Å². The second-order valence-electron chi connectivity index (χ2n) is 2.36. The fraction of sp³-hybridized carbons (Fsp3) is 0.143. The standard InChI is InChI=1S/C7H9NOS2.K/c1-6-2-4-7(5-3-6)11(8,9)10;/h2-5H,1H3,(H2,8,9,10);. The monoisotopic (exact) mass is 226 g/mol. The van der Waals surface area contributed by atoms with Crippen LogP contribution in [0.3, 0.4) is 0 Å². The molecular weight excluding hydrogens is 217 g/mol. The first-order chi connectivity index (χ1) is 5.00. The van der Waals surface area contributed by atoms with Gasteiger partial charge < -0.3 is 0 Å². The first-order valence-corrected chi connectivity index (χ1v) is 5.64. The van der Waals surface area contributed by atoms with Gasteiger partial charge in [0.1, 0.15) is 8.68 Å². The zero-order valence-electron chi connectivity index (χ0n) is 7.11. The van der Waals surface area contributed by atoms with Crippen LogP contribution in [0.15, 0.2) is 29.2 Å². The second kappa shape index (κ2) is 5.16. The Bertz CT molecular complexity index is 344. The summed E-state index contributed by atoms with van der Waals surface area (Å²) in [4.78, 5) is 0.526. The molecule has 1 rings (SSSR count). The van der Waals surface area contributed by atoms with Gasteiger partial charge in [-0.3, -0.25) is 0 Å². The molecule has 12 heavy (non-hydrogen) atoms. The van der Waals surface area contributed by atoms with Crippen LogP contribution in [-0.2, 0) is 19.9 Å². The SMILES string of the molecule is Cc1ccc(S(N)(=O)=S)cc1.[K]. The summed E-state index contributed by atoms with van der Waals surface area (Å²) in [5.41, 5.74) is 1.10. The van der Waals surface area contributed by atoms with E-state index in [1.54, 1.807) is 12.1 Å². The van der Waals surface area contributed by atoms with E-state index in [2.05, 4.69) is 11.2 Å². The van der Waals surface area contributed by atoms with Crippen LogP contribution in [0.5, 0.6) is 0 Å². The molecule has 0 aliphatic carbocycles. The van der Waals surface area contributed by atoms with Crippen LogP contribution < -0.4 is 5.14 Å². The molecule has 1 atom stereocenters. The molecule has 0 aliphatic rings. The van der Waals surface area contributed by atoms with Crippen molar-refractivity contribution < 1.29 is 4.21 Å². The predicted molar refractivity (Wildman–Crippen MR) is 54.9 cm³/mol. The molecule has 0 saturated heterocycles. The average Bonchev–Trinajstić information content (AvgIpc) is 1.86. The zero-order valence-corrected chi connectivity index (χ0v) is 11.9. The Kier molecular flexibility index (Phi) is 5.67. The van der Waals surface area contributed by atoms with Gasteiger partial charge in [-0.25, -0.2) is 9.35 Å².